The fourth-order valence-electron chi connectivity index (χ4n) is 3.66. The molecule has 1 aliphatic rings. The minimum absolute atomic E-state index is 0.524. The van der Waals surface area contributed by atoms with E-state index in [2.05, 4.69) is 57.4 Å². The second kappa shape index (κ2) is 7.28. The third-order valence-corrected chi connectivity index (χ3v) is 6.63. The zero-order valence-electron chi connectivity index (χ0n) is 14.5. The van der Waals surface area contributed by atoms with Gasteiger partial charge in [-0.1, -0.05) is 47.1 Å². The quantitative estimate of drug-likeness (QED) is 0.676. The molecule has 21 heavy (non-hydrogen) atoms. The molecule has 1 N–H and O–H groups in total. The van der Waals surface area contributed by atoms with Gasteiger partial charge in [0.1, 0.15) is 0 Å². The molecular weight excluding hydrogens is 274 g/mol. The maximum absolute atomic E-state index is 3.96. The predicted molar refractivity (Wildman–Crippen MR) is 94.9 cm³/mol. The van der Waals surface area contributed by atoms with E-state index in [1.807, 2.05) is 11.3 Å². The first kappa shape index (κ1) is 17.0. The highest BCUT2D eigenvalue weighted by molar-refractivity contribution is 7.10. The van der Waals surface area contributed by atoms with E-state index < -0.39 is 0 Å². The van der Waals surface area contributed by atoms with Crippen molar-refractivity contribution < 1.29 is 0 Å². The Labute approximate surface area is 135 Å². The molecule has 1 saturated carbocycles. The van der Waals surface area contributed by atoms with Gasteiger partial charge in [-0.3, -0.25) is 0 Å². The Hall–Kier alpha value is -0.340. The summed E-state index contributed by atoms with van der Waals surface area (Å²) in [5, 5.41) is 6.16. The van der Waals surface area contributed by atoms with Crippen molar-refractivity contribution in [1.82, 2.24) is 5.32 Å². The minimum Gasteiger partial charge on any atom is -0.306 e. The highest BCUT2D eigenvalue weighted by atomic mass is 32.1. The first-order valence-corrected chi connectivity index (χ1v) is 9.61. The largest absolute Gasteiger partial charge is 0.306 e. The van der Waals surface area contributed by atoms with Crippen LogP contribution in [0.5, 0.6) is 0 Å². The number of hydrogen-bond donors (Lipinski definition) is 1. The average Bonchev–Trinajstić information content (AvgIpc) is 2.98. The molecule has 0 amide bonds. The van der Waals surface area contributed by atoms with Gasteiger partial charge < -0.3 is 5.32 Å². The van der Waals surface area contributed by atoms with E-state index in [1.54, 1.807) is 0 Å². The maximum atomic E-state index is 3.96. The normalized spacial score (nSPS) is 25.2. The molecule has 1 aliphatic carbocycles. The molecule has 1 atom stereocenters. The van der Waals surface area contributed by atoms with Crippen LogP contribution in [0.1, 0.15) is 77.6 Å². The van der Waals surface area contributed by atoms with Crippen LogP contribution in [-0.4, -0.2) is 6.04 Å². The van der Waals surface area contributed by atoms with Crippen molar-refractivity contribution >= 4 is 11.3 Å². The molecular formula is C19H33NS. The highest BCUT2D eigenvalue weighted by Gasteiger charge is 2.32. The summed E-state index contributed by atoms with van der Waals surface area (Å²) in [5.41, 5.74) is 0.524. The van der Waals surface area contributed by atoms with E-state index in [9.17, 15) is 0 Å². The van der Waals surface area contributed by atoms with Crippen molar-refractivity contribution in [2.75, 3.05) is 0 Å². The van der Waals surface area contributed by atoms with E-state index in [0.717, 1.165) is 5.92 Å². The fourth-order valence-corrected chi connectivity index (χ4v) is 4.61. The van der Waals surface area contributed by atoms with Crippen LogP contribution in [-0.2, 0) is 0 Å². The Bertz CT molecular complexity index is 399. The van der Waals surface area contributed by atoms with Gasteiger partial charge in [0.15, 0.2) is 0 Å². The summed E-state index contributed by atoms with van der Waals surface area (Å²) in [6.07, 6.45) is 6.80. The molecule has 0 aromatic carbocycles. The maximum Gasteiger partial charge on any atom is 0.0440 e. The average molecular weight is 308 g/mol. The fraction of sp³-hybridized carbons (Fsp3) is 0.789. The van der Waals surface area contributed by atoms with Crippen LogP contribution < -0.4 is 5.32 Å². The van der Waals surface area contributed by atoms with E-state index in [-0.39, 0.29) is 0 Å². The van der Waals surface area contributed by atoms with Gasteiger partial charge in [0.2, 0.25) is 0 Å². The summed E-state index contributed by atoms with van der Waals surface area (Å²) in [4.78, 5) is 1.50. The molecule has 1 unspecified atom stereocenters. The second-order valence-corrected chi connectivity index (χ2v) is 8.77. The van der Waals surface area contributed by atoms with E-state index in [1.165, 1.54) is 37.0 Å². The molecule has 1 aromatic heterocycles. The van der Waals surface area contributed by atoms with Crippen molar-refractivity contribution in [3.63, 3.8) is 0 Å². The van der Waals surface area contributed by atoms with Gasteiger partial charge in [-0.05, 0) is 54.4 Å². The van der Waals surface area contributed by atoms with Crippen LogP contribution in [0, 0.1) is 17.3 Å². The summed E-state index contributed by atoms with van der Waals surface area (Å²) in [6.45, 7) is 11.9. The Kier molecular flexibility index (Phi) is 5.90. The zero-order valence-corrected chi connectivity index (χ0v) is 15.3. The van der Waals surface area contributed by atoms with E-state index in [4.69, 9.17) is 0 Å². The van der Waals surface area contributed by atoms with Crippen molar-refractivity contribution in [3.8, 4) is 0 Å². The first-order chi connectivity index (χ1) is 9.94. The standard InChI is InChI=1S/C19H33NS/c1-6-19(4,5)15-9-11-16(12-10-15)20-18(14(2)3)17-8-7-13-21-17/h7-8,13-16,18,20H,6,9-12H2,1-5H3. The SMILES string of the molecule is CCC(C)(C)C1CCC(NC(c2cccs2)C(C)C)CC1. The molecule has 0 radical (unpaired) electrons. The minimum atomic E-state index is 0.524. The first-order valence-electron chi connectivity index (χ1n) is 8.73. The van der Waals surface area contributed by atoms with E-state index in [0.29, 0.717) is 23.4 Å². The summed E-state index contributed by atoms with van der Waals surface area (Å²) < 4.78 is 0. The van der Waals surface area contributed by atoms with Crippen LogP contribution in [0.2, 0.25) is 0 Å². The molecule has 0 bridgehead atoms. The lowest BCUT2D eigenvalue weighted by molar-refractivity contribution is 0.131. The summed E-state index contributed by atoms with van der Waals surface area (Å²) in [6, 6.07) is 5.71. The van der Waals surface area contributed by atoms with E-state index >= 15 is 0 Å². The molecule has 120 valence electrons. The smallest absolute Gasteiger partial charge is 0.0440 e. The Morgan fingerprint density at radius 1 is 1.24 bits per heavy atom. The molecule has 2 rings (SSSR count). The highest BCUT2D eigenvalue weighted by Crippen LogP contribution is 2.41. The summed E-state index contributed by atoms with van der Waals surface area (Å²) in [7, 11) is 0. The molecule has 0 aliphatic heterocycles. The van der Waals surface area contributed by atoms with Crippen LogP contribution in [0.15, 0.2) is 17.5 Å². The van der Waals surface area contributed by atoms with Crippen LogP contribution in [0.3, 0.4) is 0 Å². The molecule has 1 nitrogen and oxygen atoms in total. The summed E-state index contributed by atoms with van der Waals surface area (Å²) in [5.74, 6) is 1.58. The monoisotopic (exact) mass is 307 g/mol. The Morgan fingerprint density at radius 3 is 2.38 bits per heavy atom. The molecule has 1 fully saturated rings. The molecule has 0 saturated heterocycles. The van der Waals surface area contributed by atoms with Gasteiger partial charge in [-0.25, -0.2) is 0 Å². The van der Waals surface area contributed by atoms with Gasteiger partial charge >= 0.3 is 0 Å². The lowest BCUT2D eigenvalue weighted by Gasteiger charge is -2.40. The van der Waals surface area contributed by atoms with Crippen molar-refractivity contribution in [1.29, 1.82) is 0 Å². The third-order valence-electron chi connectivity index (χ3n) is 5.68. The van der Waals surface area contributed by atoms with Crippen molar-refractivity contribution in [2.45, 2.75) is 78.8 Å². The number of rotatable bonds is 6. The Balaban J connectivity index is 1.90. The Morgan fingerprint density at radius 2 is 1.90 bits per heavy atom. The summed E-state index contributed by atoms with van der Waals surface area (Å²) >= 11 is 1.89. The molecule has 1 heterocycles. The van der Waals surface area contributed by atoms with Crippen molar-refractivity contribution in [2.24, 2.45) is 17.3 Å². The second-order valence-electron chi connectivity index (χ2n) is 7.79. The van der Waals surface area contributed by atoms with Gasteiger partial charge in [0.05, 0.1) is 0 Å². The zero-order chi connectivity index (χ0) is 15.5. The van der Waals surface area contributed by atoms with Gasteiger partial charge in [0.25, 0.3) is 0 Å². The molecule has 0 spiro atoms. The van der Waals surface area contributed by atoms with Crippen LogP contribution in [0.4, 0.5) is 0 Å². The van der Waals surface area contributed by atoms with Gasteiger partial charge in [-0.2, -0.15) is 0 Å². The van der Waals surface area contributed by atoms with Gasteiger partial charge in [0, 0.05) is 17.0 Å². The van der Waals surface area contributed by atoms with Crippen LogP contribution >= 0.6 is 11.3 Å². The third kappa shape index (κ3) is 4.32. The predicted octanol–water partition coefficient (Wildman–Crippen LogP) is 6.03. The van der Waals surface area contributed by atoms with Gasteiger partial charge in [-0.15, -0.1) is 11.3 Å². The lowest BCUT2D eigenvalue weighted by atomic mass is 9.69. The number of hydrogen-bond acceptors (Lipinski definition) is 2. The number of nitrogens with one attached hydrogen (secondary N) is 1. The lowest BCUT2D eigenvalue weighted by Crippen LogP contribution is -2.39. The molecule has 2 heteroatoms. The van der Waals surface area contributed by atoms with Crippen LogP contribution in [0.25, 0.3) is 0 Å². The topological polar surface area (TPSA) is 12.0 Å². The number of thiophene rings is 1. The molecule has 1 aromatic rings. The van der Waals surface area contributed by atoms with Crippen molar-refractivity contribution in [3.05, 3.63) is 22.4 Å².